The maximum atomic E-state index is 12.8. The van der Waals surface area contributed by atoms with Gasteiger partial charge in [0.2, 0.25) is 0 Å². The molecule has 6 nitrogen and oxygen atoms in total. The summed E-state index contributed by atoms with van der Waals surface area (Å²) in [5.74, 6) is -0.878. The average Bonchev–Trinajstić information content (AvgIpc) is 3.28. The lowest BCUT2D eigenvalue weighted by Gasteiger charge is -2.18. The Morgan fingerprint density at radius 3 is 0.905 bits per heavy atom. The summed E-state index contributed by atoms with van der Waals surface area (Å²) in [5, 5.41) is 0. The van der Waals surface area contributed by atoms with E-state index >= 15 is 0 Å². The number of unbranched alkanes of at least 4 members (excludes halogenated alkanes) is 33. The standard InChI is InChI=1S/C57H104O6/c1-4-7-10-13-16-19-22-25-27-28-29-30-33-35-38-41-44-47-50-56(59)62-53-54(52-61-55(58)49-46-43-40-37-34-31-24-21-18-15-12-9-6-3)63-57(60)51-48-45-42-39-36-32-26-23-20-17-14-11-8-5-2/h19,21-22,24,27-28,54H,4-18,20,23,25-26,29-53H2,1-3H3/b22-19-,24-21-,28-27-. The van der Waals surface area contributed by atoms with Crippen molar-refractivity contribution in [1.82, 2.24) is 0 Å². The van der Waals surface area contributed by atoms with Gasteiger partial charge in [-0.05, 0) is 77.0 Å². The molecule has 1 atom stereocenters. The molecule has 0 saturated carbocycles. The number of ether oxygens (including phenoxy) is 3. The van der Waals surface area contributed by atoms with Crippen LogP contribution in [0.5, 0.6) is 0 Å². The zero-order valence-corrected chi connectivity index (χ0v) is 42.1. The molecular weight excluding hydrogens is 781 g/mol. The van der Waals surface area contributed by atoms with Crippen molar-refractivity contribution in [2.24, 2.45) is 0 Å². The van der Waals surface area contributed by atoms with Crippen LogP contribution in [0.2, 0.25) is 0 Å². The van der Waals surface area contributed by atoms with Crippen LogP contribution in [0.3, 0.4) is 0 Å². The van der Waals surface area contributed by atoms with Crippen LogP contribution in [0.15, 0.2) is 36.5 Å². The maximum absolute atomic E-state index is 12.8. The Bertz CT molecular complexity index is 1060. The van der Waals surface area contributed by atoms with Crippen LogP contribution >= 0.6 is 0 Å². The number of esters is 3. The van der Waals surface area contributed by atoms with Gasteiger partial charge in [-0.3, -0.25) is 14.4 Å². The van der Waals surface area contributed by atoms with E-state index in [1.165, 1.54) is 173 Å². The van der Waals surface area contributed by atoms with Crippen LogP contribution in [0.1, 0.15) is 290 Å². The first-order chi connectivity index (χ1) is 31.0. The SMILES string of the molecule is CCCCCC/C=C\C/C=C\CCCCCCCCCC(=O)OCC(COC(=O)CCCCCCC/C=C\CCCCCC)OC(=O)CCCCCCCCCCCCCCCC. The highest BCUT2D eigenvalue weighted by molar-refractivity contribution is 5.71. The molecule has 0 saturated heterocycles. The molecule has 0 aliphatic rings. The van der Waals surface area contributed by atoms with Gasteiger partial charge in [0.05, 0.1) is 0 Å². The minimum atomic E-state index is -0.775. The van der Waals surface area contributed by atoms with Crippen molar-refractivity contribution in [3.05, 3.63) is 36.5 Å². The number of rotatable bonds is 50. The fourth-order valence-electron chi connectivity index (χ4n) is 7.94. The maximum Gasteiger partial charge on any atom is 0.306 e. The van der Waals surface area contributed by atoms with Crippen molar-refractivity contribution in [2.45, 2.75) is 297 Å². The van der Waals surface area contributed by atoms with Crippen molar-refractivity contribution in [2.75, 3.05) is 13.2 Å². The molecule has 0 amide bonds. The molecule has 0 aliphatic heterocycles. The molecule has 0 aromatic heterocycles. The quantitative estimate of drug-likeness (QED) is 0.0262. The van der Waals surface area contributed by atoms with Gasteiger partial charge in [0, 0.05) is 19.3 Å². The summed E-state index contributed by atoms with van der Waals surface area (Å²) in [5.41, 5.74) is 0. The first kappa shape index (κ1) is 60.6. The first-order valence-corrected chi connectivity index (χ1v) is 27.5. The molecule has 0 fully saturated rings. The minimum Gasteiger partial charge on any atom is -0.462 e. The van der Waals surface area contributed by atoms with Crippen molar-refractivity contribution < 1.29 is 28.6 Å². The van der Waals surface area contributed by atoms with Crippen LogP contribution in [0, 0.1) is 0 Å². The van der Waals surface area contributed by atoms with Gasteiger partial charge in [-0.1, -0.05) is 231 Å². The zero-order chi connectivity index (χ0) is 45.8. The third-order valence-electron chi connectivity index (χ3n) is 12.1. The molecule has 0 heterocycles. The molecule has 0 radical (unpaired) electrons. The van der Waals surface area contributed by atoms with Crippen LogP contribution in [-0.2, 0) is 28.6 Å². The van der Waals surface area contributed by atoms with Gasteiger partial charge in [-0.2, -0.15) is 0 Å². The highest BCUT2D eigenvalue weighted by Gasteiger charge is 2.19. The third-order valence-corrected chi connectivity index (χ3v) is 12.1. The van der Waals surface area contributed by atoms with E-state index in [0.717, 1.165) is 77.0 Å². The Balaban J connectivity index is 4.35. The zero-order valence-electron chi connectivity index (χ0n) is 42.1. The second kappa shape index (κ2) is 52.3. The van der Waals surface area contributed by atoms with Gasteiger partial charge in [-0.15, -0.1) is 0 Å². The Morgan fingerprint density at radius 1 is 0.317 bits per heavy atom. The normalized spacial score (nSPS) is 12.2. The molecule has 0 aromatic rings. The number of allylic oxidation sites excluding steroid dienone is 6. The van der Waals surface area contributed by atoms with Gasteiger partial charge in [-0.25, -0.2) is 0 Å². The van der Waals surface area contributed by atoms with Gasteiger partial charge in [0.1, 0.15) is 13.2 Å². The summed E-state index contributed by atoms with van der Waals surface area (Å²) >= 11 is 0. The smallest absolute Gasteiger partial charge is 0.306 e. The lowest BCUT2D eigenvalue weighted by Crippen LogP contribution is -2.30. The summed E-state index contributed by atoms with van der Waals surface area (Å²) in [7, 11) is 0. The molecule has 0 aromatic carbocycles. The Hall–Kier alpha value is -2.37. The molecule has 0 rings (SSSR count). The molecule has 0 bridgehead atoms. The van der Waals surface area contributed by atoms with Gasteiger partial charge < -0.3 is 14.2 Å². The van der Waals surface area contributed by atoms with Gasteiger partial charge >= 0.3 is 17.9 Å². The minimum absolute atomic E-state index is 0.0758. The van der Waals surface area contributed by atoms with E-state index in [1.807, 2.05) is 0 Å². The van der Waals surface area contributed by atoms with E-state index < -0.39 is 6.10 Å². The monoisotopic (exact) mass is 885 g/mol. The first-order valence-electron chi connectivity index (χ1n) is 27.5. The number of carbonyl (C=O) groups excluding carboxylic acids is 3. The van der Waals surface area contributed by atoms with E-state index in [-0.39, 0.29) is 31.1 Å². The molecule has 0 aliphatic carbocycles. The average molecular weight is 885 g/mol. The van der Waals surface area contributed by atoms with E-state index in [1.54, 1.807) is 0 Å². The topological polar surface area (TPSA) is 78.9 Å². The van der Waals surface area contributed by atoms with Gasteiger partial charge in [0.15, 0.2) is 6.10 Å². The third kappa shape index (κ3) is 50.5. The predicted molar refractivity (Wildman–Crippen MR) is 270 cm³/mol. The van der Waals surface area contributed by atoms with Crippen LogP contribution in [-0.4, -0.2) is 37.2 Å². The van der Waals surface area contributed by atoms with Crippen molar-refractivity contribution in [1.29, 1.82) is 0 Å². The molecular formula is C57H104O6. The number of hydrogen-bond donors (Lipinski definition) is 0. The fraction of sp³-hybridized carbons (Fsp3) is 0.842. The summed E-state index contributed by atoms with van der Waals surface area (Å²) in [6.45, 7) is 6.62. The summed E-state index contributed by atoms with van der Waals surface area (Å²) < 4.78 is 16.8. The van der Waals surface area contributed by atoms with Crippen LogP contribution in [0.4, 0.5) is 0 Å². The van der Waals surface area contributed by atoms with Gasteiger partial charge in [0.25, 0.3) is 0 Å². The Kier molecular flexibility index (Phi) is 50.3. The highest BCUT2D eigenvalue weighted by Crippen LogP contribution is 2.16. The highest BCUT2D eigenvalue weighted by atomic mass is 16.6. The molecule has 1 unspecified atom stereocenters. The van der Waals surface area contributed by atoms with Crippen molar-refractivity contribution in [3.8, 4) is 0 Å². The van der Waals surface area contributed by atoms with Crippen LogP contribution in [0.25, 0.3) is 0 Å². The Labute approximate surface area is 391 Å². The molecule has 0 N–H and O–H groups in total. The number of carbonyl (C=O) groups is 3. The molecule has 6 heteroatoms. The van der Waals surface area contributed by atoms with E-state index in [4.69, 9.17) is 14.2 Å². The fourth-order valence-corrected chi connectivity index (χ4v) is 7.94. The second-order valence-corrected chi connectivity index (χ2v) is 18.5. The Morgan fingerprint density at radius 2 is 0.571 bits per heavy atom. The largest absolute Gasteiger partial charge is 0.462 e. The van der Waals surface area contributed by atoms with E-state index in [9.17, 15) is 14.4 Å². The molecule has 0 spiro atoms. The second-order valence-electron chi connectivity index (χ2n) is 18.5. The van der Waals surface area contributed by atoms with Crippen LogP contribution < -0.4 is 0 Å². The van der Waals surface area contributed by atoms with Crippen molar-refractivity contribution in [3.63, 3.8) is 0 Å². The summed E-state index contributed by atoms with van der Waals surface area (Å²) in [6, 6.07) is 0. The van der Waals surface area contributed by atoms with E-state index in [0.29, 0.717) is 19.3 Å². The predicted octanol–water partition coefficient (Wildman–Crippen LogP) is 18.1. The lowest BCUT2D eigenvalue weighted by molar-refractivity contribution is -0.167. The molecule has 368 valence electrons. The molecule has 63 heavy (non-hydrogen) atoms. The lowest BCUT2D eigenvalue weighted by atomic mass is 10.0. The van der Waals surface area contributed by atoms with E-state index in [2.05, 4.69) is 57.2 Å². The summed E-state index contributed by atoms with van der Waals surface area (Å²) in [4.78, 5) is 38.0. The summed E-state index contributed by atoms with van der Waals surface area (Å²) in [6.07, 6.45) is 61.2. The number of hydrogen-bond acceptors (Lipinski definition) is 6. The van der Waals surface area contributed by atoms with Crippen molar-refractivity contribution >= 4 is 17.9 Å².